The van der Waals surface area contributed by atoms with Crippen LogP contribution in [0.1, 0.15) is 0 Å². The SMILES string of the molecule is CSC([C]=O)Oc1ccccc1. The Balaban J connectivity index is 2.56. The van der Waals surface area contributed by atoms with E-state index in [-0.39, 0.29) is 0 Å². The van der Waals surface area contributed by atoms with Gasteiger partial charge in [0.05, 0.1) is 0 Å². The molecule has 0 bridgehead atoms. The van der Waals surface area contributed by atoms with Gasteiger partial charge in [-0.3, -0.25) is 4.79 Å². The molecular formula is C9H9O2S. The summed E-state index contributed by atoms with van der Waals surface area (Å²) in [5, 5.41) is 0. The van der Waals surface area contributed by atoms with Crippen molar-refractivity contribution in [1.29, 1.82) is 0 Å². The van der Waals surface area contributed by atoms with Crippen LogP contribution in [0.3, 0.4) is 0 Å². The molecule has 1 radical (unpaired) electrons. The third-order valence-corrected chi connectivity index (χ3v) is 1.92. The molecular weight excluding hydrogens is 172 g/mol. The number of carbonyl (C=O) groups excluding carboxylic acids is 1. The molecule has 12 heavy (non-hydrogen) atoms. The van der Waals surface area contributed by atoms with Crippen LogP contribution in [0.25, 0.3) is 0 Å². The minimum atomic E-state index is -0.521. The molecule has 0 aliphatic heterocycles. The molecule has 3 heteroatoms. The van der Waals surface area contributed by atoms with Gasteiger partial charge in [-0.05, 0) is 18.4 Å². The van der Waals surface area contributed by atoms with Gasteiger partial charge in [-0.1, -0.05) is 18.2 Å². The zero-order chi connectivity index (χ0) is 8.81. The van der Waals surface area contributed by atoms with Crippen molar-refractivity contribution in [2.75, 3.05) is 6.26 Å². The van der Waals surface area contributed by atoms with Gasteiger partial charge in [0.1, 0.15) is 5.75 Å². The van der Waals surface area contributed by atoms with Gasteiger partial charge >= 0.3 is 0 Å². The number of thioether (sulfide) groups is 1. The van der Waals surface area contributed by atoms with Crippen LogP contribution < -0.4 is 4.74 Å². The lowest BCUT2D eigenvalue weighted by Crippen LogP contribution is -2.12. The van der Waals surface area contributed by atoms with Crippen molar-refractivity contribution in [3.63, 3.8) is 0 Å². The summed E-state index contributed by atoms with van der Waals surface area (Å²) < 4.78 is 5.25. The van der Waals surface area contributed by atoms with E-state index < -0.39 is 5.44 Å². The van der Waals surface area contributed by atoms with Gasteiger partial charge in [-0.15, -0.1) is 11.8 Å². The molecule has 0 saturated carbocycles. The fourth-order valence-corrected chi connectivity index (χ4v) is 1.05. The largest absolute Gasteiger partial charge is 0.471 e. The van der Waals surface area contributed by atoms with E-state index in [9.17, 15) is 4.79 Å². The molecule has 0 spiro atoms. The molecule has 0 saturated heterocycles. The number of para-hydroxylation sites is 1. The number of ether oxygens (including phenoxy) is 1. The molecule has 1 aromatic rings. The van der Waals surface area contributed by atoms with Crippen molar-refractivity contribution >= 4 is 18.0 Å². The molecule has 0 fully saturated rings. The average molecular weight is 181 g/mol. The highest BCUT2D eigenvalue weighted by molar-refractivity contribution is 7.99. The highest BCUT2D eigenvalue weighted by atomic mass is 32.2. The molecule has 2 nitrogen and oxygen atoms in total. The van der Waals surface area contributed by atoms with Gasteiger partial charge < -0.3 is 4.74 Å². The third kappa shape index (κ3) is 2.58. The Morgan fingerprint density at radius 1 is 1.42 bits per heavy atom. The van der Waals surface area contributed by atoms with Crippen molar-refractivity contribution in [3.8, 4) is 5.75 Å². The Morgan fingerprint density at radius 3 is 2.58 bits per heavy atom. The molecule has 0 aromatic heterocycles. The first-order chi connectivity index (χ1) is 5.86. The first-order valence-corrected chi connectivity index (χ1v) is 4.78. The van der Waals surface area contributed by atoms with Crippen LogP contribution in [-0.4, -0.2) is 18.0 Å². The molecule has 63 valence electrons. The highest BCUT2D eigenvalue weighted by Crippen LogP contribution is 2.14. The predicted octanol–water partition coefficient (Wildman–Crippen LogP) is 1.86. The lowest BCUT2D eigenvalue weighted by atomic mass is 10.3. The Morgan fingerprint density at radius 2 is 2.08 bits per heavy atom. The van der Waals surface area contributed by atoms with Gasteiger partial charge in [0, 0.05) is 0 Å². The summed E-state index contributed by atoms with van der Waals surface area (Å²) in [4.78, 5) is 10.3. The van der Waals surface area contributed by atoms with E-state index in [2.05, 4.69) is 0 Å². The van der Waals surface area contributed by atoms with Gasteiger partial charge in [0.2, 0.25) is 5.44 Å². The number of benzene rings is 1. The van der Waals surface area contributed by atoms with Gasteiger partial charge in [0.25, 0.3) is 6.29 Å². The van der Waals surface area contributed by atoms with E-state index in [1.807, 2.05) is 18.2 Å². The summed E-state index contributed by atoms with van der Waals surface area (Å²) in [5.74, 6) is 0.695. The van der Waals surface area contributed by atoms with Gasteiger partial charge in [-0.25, -0.2) is 0 Å². The van der Waals surface area contributed by atoms with E-state index in [1.54, 1.807) is 24.7 Å². The lowest BCUT2D eigenvalue weighted by molar-refractivity contribution is 0.337. The van der Waals surface area contributed by atoms with Crippen LogP contribution >= 0.6 is 11.8 Å². The fraction of sp³-hybridized carbons (Fsp3) is 0.222. The molecule has 0 heterocycles. The Hall–Kier alpha value is -0.960. The third-order valence-electron chi connectivity index (χ3n) is 1.30. The first-order valence-electron chi connectivity index (χ1n) is 3.49. The maximum atomic E-state index is 10.3. The minimum Gasteiger partial charge on any atom is -0.471 e. The summed E-state index contributed by atoms with van der Waals surface area (Å²) in [5.41, 5.74) is -0.521. The van der Waals surface area contributed by atoms with Crippen molar-refractivity contribution in [3.05, 3.63) is 30.3 Å². The molecule has 0 amide bonds. The second-order valence-corrected chi connectivity index (χ2v) is 3.02. The predicted molar refractivity (Wildman–Crippen MR) is 50.1 cm³/mol. The molecule has 1 rings (SSSR count). The smallest absolute Gasteiger partial charge is 0.254 e. The maximum Gasteiger partial charge on any atom is 0.254 e. The van der Waals surface area contributed by atoms with Crippen molar-refractivity contribution < 1.29 is 9.53 Å². The maximum absolute atomic E-state index is 10.3. The minimum absolute atomic E-state index is 0.521. The Kier molecular flexibility index (Phi) is 3.67. The molecule has 1 aromatic carbocycles. The first kappa shape index (κ1) is 9.13. The second kappa shape index (κ2) is 4.83. The summed E-state index contributed by atoms with van der Waals surface area (Å²) >= 11 is 1.32. The van der Waals surface area contributed by atoms with Crippen LogP contribution in [0, 0.1) is 0 Å². The average Bonchev–Trinajstić information content (AvgIpc) is 2.16. The van der Waals surface area contributed by atoms with E-state index in [0.29, 0.717) is 5.75 Å². The molecule has 0 N–H and O–H groups in total. The van der Waals surface area contributed by atoms with Crippen LogP contribution in [-0.2, 0) is 4.79 Å². The Labute approximate surface area is 75.9 Å². The quantitative estimate of drug-likeness (QED) is 0.663. The van der Waals surface area contributed by atoms with E-state index in [1.165, 1.54) is 11.8 Å². The molecule has 1 unspecified atom stereocenters. The zero-order valence-electron chi connectivity index (χ0n) is 6.69. The number of hydrogen-bond donors (Lipinski definition) is 0. The van der Waals surface area contributed by atoms with Crippen molar-refractivity contribution in [1.82, 2.24) is 0 Å². The van der Waals surface area contributed by atoms with Crippen LogP contribution in [0.4, 0.5) is 0 Å². The van der Waals surface area contributed by atoms with Crippen LogP contribution in [0.2, 0.25) is 0 Å². The number of rotatable bonds is 4. The summed E-state index contributed by atoms with van der Waals surface area (Å²) in [7, 11) is 0. The standard InChI is InChI=1S/C9H9O2S/c1-12-9(7-10)11-8-5-3-2-4-6-8/h2-6,9H,1H3. The summed E-state index contributed by atoms with van der Waals surface area (Å²) in [6.07, 6.45) is 3.60. The monoisotopic (exact) mass is 181 g/mol. The topological polar surface area (TPSA) is 26.3 Å². The van der Waals surface area contributed by atoms with Crippen molar-refractivity contribution in [2.24, 2.45) is 0 Å². The van der Waals surface area contributed by atoms with Gasteiger partial charge in [-0.2, -0.15) is 0 Å². The molecule has 0 aliphatic carbocycles. The highest BCUT2D eigenvalue weighted by Gasteiger charge is 2.06. The summed E-state index contributed by atoms with van der Waals surface area (Å²) in [6.45, 7) is 0. The normalized spacial score (nSPS) is 12.1. The van der Waals surface area contributed by atoms with Crippen LogP contribution in [0.15, 0.2) is 30.3 Å². The van der Waals surface area contributed by atoms with Gasteiger partial charge in [0.15, 0.2) is 0 Å². The Bertz CT molecular complexity index is 236. The van der Waals surface area contributed by atoms with Crippen molar-refractivity contribution in [2.45, 2.75) is 5.44 Å². The van der Waals surface area contributed by atoms with E-state index in [0.717, 1.165) is 0 Å². The second-order valence-electron chi connectivity index (χ2n) is 2.12. The zero-order valence-corrected chi connectivity index (χ0v) is 7.51. The van der Waals surface area contributed by atoms with E-state index in [4.69, 9.17) is 4.74 Å². The summed E-state index contributed by atoms with van der Waals surface area (Å²) in [6, 6.07) is 9.22. The molecule has 1 atom stereocenters. The fourth-order valence-electron chi connectivity index (χ4n) is 0.743. The molecule has 0 aliphatic rings. The lowest BCUT2D eigenvalue weighted by Gasteiger charge is -2.08. The van der Waals surface area contributed by atoms with Crippen LogP contribution in [0.5, 0.6) is 5.75 Å². The number of hydrogen-bond acceptors (Lipinski definition) is 3. The van der Waals surface area contributed by atoms with E-state index >= 15 is 0 Å².